The molecule has 1 amide bonds. The van der Waals surface area contributed by atoms with Gasteiger partial charge in [-0.3, -0.25) is 4.79 Å². The summed E-state index contributed by atoms with van der Waals surface area (Å²) in [5, 5.41) is 0. The molecular weight excluding hydrogens is 292 g/mol. The summed E-state index contributed by atoms with van der Waals surface area (Å²) >= 11 is 0. The van der Waals surface area contributed by atoms with Crippen molar-refractivity contribution in [3.05, 3.63) is 47.7 Å². The first-order valence-corrected chi connectivity index (χ1v) is 7.66. The van der Waals surface area contributed by atoms with Crippen LogP contribution in [0.4, 0.5) is 5.95 Å². The number of nitrogens with zero attached hydrogens (tertiary/aromatic N) is 4. The van der Waals surface area contributed by atoms with Crippen LogP contribution in [-0.2, 0) is 0 Å². The fraction of sp³-hybridized carbons (Fsp3) is 0.353. The van der Waals surface area contributed by atoms with Crippen molar-refractivity contribution in [2.75, 3.05) is 38.2 Å². The Morgan fingerprint density at radius 2 is 1.78 bits per heavy atom. The summed E-state index contributed by atoms with van der Waals surface area (Å²) in [6, 6.07) is 11.2. The number of carbonyl (C=O) groups is 1. The van der Waals surface area contributed by atoms with Crippen molar-refractivity contribution in [2.24, 2.45) is 0 Å². The summed E-state index contributed by atoms with van der Waals surface area (Å²) in [5.74, 6) is 1.30. The highest BCUT2D eigenvalue weighted by Gasteiger charge is 2.23. The third kappa shape index (κ3) is 3.41. The predicted molar refractivity (Wildman–Crippen MR) is 87.9 cm³/mol. The quantitative estimate of drug-likeness (QED) is 0.864. The maximum absolute atomic E-state index is 12.5. The van der Waals surface area contributed by atoms with Gasteiger partial charge in [-0.05, 0) is 19.1 Å². The zero-order valence-electron chi connectivity index (χ0n) is 13.4. The number of aromatic nitrogens is 2. The first kappa shape index (κ1) is 15.3. The van der Waals surface area contributed by atoms with Crippen LogP contribution in [0, 0.1) is 6.92 Å². The van der Waals surface area contributed by atoms with Gasteiger partial charge in [0.1, 0.15) is 0 Å². The van der Waals surface area contributed by atoms with Crippen LogP contribution in [-0.4, -0.2) is 54.1 Å². The number of hydrogen-bond donors (Lipinski definition) is 0. The summed E-state index contributed by atoms with van der Waals surface area (Å²) in [4.78, 5) is 25.3. The fourth-order valence-corrected chi connectivity index (χ4v) is 2.64. The largest absolute Gasteiger partial charge is 0.481 e. The molecule has 1 aromatic heterocycles. The summed E-state index contributed by atoms with van der Waals surface area (Å²) in [5.41, 5.74) is 1.60. The van der Waals surface area contributed by atoms with E-state index in [1.807, 2.05) is 42.2 Å². The molecule has 0 N–H and O–H groups in total. The average Bonchev–Trinajstić information content (AvgIpc) is 2.61. The van der Waals surface area contributed by atoms with Gasteiger partial charge >= 0.3 is 0 Å². The van der Waals surface area contributed by atoms with Gasteiger partial charge in [-0.2, -0.15) is 4.98 Å². The second-order valence-electron chi connectivity index (χ2n) is 5.50. The minimum Gasteiger partial charge on any atom is -0.481 e. The van der Waals surface area contributed by atoms with Crippen LogP contribution in [0.25, 0.3) is 0 Å². The Morgan fingerprint density at radius 1 is 1.09 bits per heavy atom. The van der Waals surface area contributed by atoms with E-state index in [9.17, 15) is 4.79 Å². The summed E-state index contributed by atoms with van der Waals surface area (Å²) in [6.07, 6.45) is 0. The molecule has 0 atom stereocenters. The lowest BCUT2D eigenvalue weighted by Crippen LogP contribution is -2.49. The second kappa shape index (κ2) is 6.64. The molecule has 0 saturated carbocycles. The average molecular weight is 312 g/mol. The van der Waals surface area contributed by atoms with Crippen molar-refractivity contribution >= 4 is 11.9 Å². The fourth-order valence-electron chi connectivity index (χ4n) is 2.64. The number of rotatable bonds is 3. The highest BCUT2D eigenvalue weighted by molar-refractivity contribution is 5.94. The zero-order chi connectivity index (χ0) is 16.2. The highest BCUT2D eigenvalue weighted by atomic mass is 16.5. The van der Waals surface area contributed by atoms with E-state index in [1.165, 1.54) is 0 Å². The molecule has 1 aromatic carbocycles. The molecule has 6 nitrogen and oxygen atoms in total. The van der Waals surface area contributed by atoms with Gasteiger partial charge in [0.2, 0.25) is 11.8 Å². The van der Waals surface area contributed by atoms with E-state index < -0.39 is 0 Å². The van der Waals surface area contributed by atoms with Gasteiger partial charge in [0.05, 0.1) is 7.11 Å². The van der Waals surface area contributed by atoms with Crippen molar-refractivity contribution in [1.29, 1.82) is 0 Å². The smallest absolute Gasteiger partial charge is 0.253 e. The Balaban J connectivity index is 1.67. The lowest BCUT2D eigenvalue weighted by Gasteiger charge is -2.34. The molecule has 3 rings (SSSR count). The molecule has 1 aliphatic heterocycles. The summed E-state index contributed by atoms with van der Waals surface area (Å²) in [6.45, 7) is 4.67. The van der Waals surface area contributed by atoms with Crippen LogP contribution in [0.5, 0.6) is 5.88 Å². The normalized spacial score (nSPS) is 14.7. The maximum atomic E-state index is 12.5. The summed E-state index contributed by atoms with van der Waals surface area (Å²) < 4.78 is 5.20. The van der Waals surface area contributed by atoms with Gasteiger partial charge in [0, 0.05) is 43.5 Å². The van der Waals surface area contributed by atoms with Gasteiger partial charge in [0.25, 0.3) is 5.91 Å². The Hall–Kier alpha value is -2.63. The Kier molecular flexibility index (Phi) is 4.41. The molecule has 0 radical (unpaired) electrons. The minimum absolute atomic E-state index is 0.0768. The van der Waals surface area contributed by atoms with Crippen molar-refractivity contribution in [3.8, 4) is 5.88 Å². The van der Waals surface area contributed by atoms with E-state index in [2.05, 4.69) is 14.9 Å². The number of benzene rings is 1. The number of ether oxygens (including phenoxy) is 1. The van der Waals surface area contributed by atoms with Crippen molar-refractivity contribution in [2.45, 2.75) is 6.92 Å². The van der Waals surface area contributed by atoms with Gasteiger partial charge in [0.15, 0.2) is 0 Å². The number of methoxy groups -OCH3 is 1. The molecule has 1 fully saturated rings. The SMILES string of the molecule is COc1cc(C)nc(N2CCN(C(=O)c3ccccc3)CC2)n1. The zero-order valence-corrected chi connectivity index (χ0v) is 13.4. The molecule has 0 aliphatic carbocycles. The van der Waals surface area contributed by atoms with E-state index >= 15 is 0 Å². The molecule has 0 unspecified atom stereocenters. The number of anilines is 1. The second-order valence-corrected chi connectivity index (χ2v) is 5.50. The topological polar surface area (TPSA) is 58.6 Å². The van der Waals surface area contributed by atoms with Crippen LogP contribution in [0.1, 0.15) is 16.1 Å². The number of carbonyl (C=O) groups excluding carboxylic acids is 1. The third-order valence-corrected chi connectivity index (χ3v) is 3.90. The number of amides is 1. The maximum Gasteiger partial charge on any atom is 0.253 e. The van der Waals surface area contributed by atoms with Gasteiger partial charge in [-0.15, -0.1) is 0 Å². The van der Waals surface area contributed by atoms with Gasteiger partial charge < -0.3 is 14.5 Å². The van der Waals surface area contributed by atoms with Gasteiger partial charge in [-0.25, -0.2) is 4.98 Å². The van der Waals surface area contributed by atoms with Crippen LogP contribution in [0.2, 0.25) is 0 Å². The Bertz CT molecular complexity index is 682. The van der Waals surface area contributed by atoms with E-state index in [1.54, 1.807) is 13.2 Å². The number of hydrogen-bond acceptors (Lipinski definition) is 5. The highest BCUT2D eigenvalue weighted by Crippen LogP contribution is 2.17. The van der Waals surface area contributed by atoms with Crippen LogP contribution in [0.3, 0.4) is 0 Å². The minimum atomic E-state index is 0.0768. The monoisotopic (exact) mass is 312 g/mol. The molecule has 1 aliphatic rings. The van der Waals surface area contributed by atoms with E-state index in [0.717, 1.165) is 11.3 Å². The molecule has 2 aromatic rings. The summed E-state index contributed by atoms with van der Waals surface area (Å²) in [7, 11) is 1.60. The van der Waals surface area contributed by atoms with E-state index in [0.29, 0.717) is 38.0 Å². The Labute approximate surface area is 135 Å². The third-order valence-electron chi connectivity index (χ3n) is 3.90. The standard InChI is InChI=1S/C17H20N4O2/c1-13-12-15(23-2)19-17(18-13)21-10-8-20(9-11-21)16(22)14-6-4-3-5-7-14/h3-7,12H,8-11H2,1-2H3. The molecule has 1 saturated heterocycles. The lowest BCUT2D eigenvalue weighted by molar-refractivity contribution is 0.0746. The van der Waals surface area contributed by atoms with Crippen LogP contribution >= 0.6 is 0 Å². The van der Waals surface area contributed by atoms with Crippen LogP contribution < -0.4 is 9.64 Å². The molecule has 2 heterocycles. The van der Waals surface area contributed by atoms with E-state index in [4.69, 9.17) is 4.74 Å². The van der Waals surface area contributed by atoms with Gasteiger partial charge in [-0.1, -0.05) is 18.2 Å². The molecule has 0 spiro atoms. The predicted octanol–water partition coefficient (Wildman–Crippen LogP) is 1.76. The van der Waals surface area contributed by atoms with Crippen molar-refractivity contribution in [3.63, 3.8) is 0 Å². The van der Waals surface area contributed by atoms with Crippen molar-refractivity contribution in [1.82, 2.24) is 14.9 Å². The molecule has 23 heavy (non-hydrogen) atoms. The number of piperazine rings is 1. The number of aryl methyl sites for hydroxylation is 1. The first-order valence-electron chi connectivity index (χ1n) is 7.66. The van der Waals surface area contributed by atoms with Crippen molar-refractivity contribution < 1.29 is 9.53 Å². The first-order chi connectivity index (χ1) is 11.2. The lowest BCUT2D eigenvalue weighted by atomic mass is 10.2. The molecule has 6 heteroatoms. The molecular formula is C17H20N4O2. The molecule has 120 valence electrons. The molecule has 0 bridgehead atoms. The Morgan fingerprint density at radius 3 is 2.43 bits per heavy atom. The van der Waals surface area contributed by atoms with Crippen LogP contribution in [0.15, 0.2) is 36.4 Å². The van der Waals surface area contributed by atoms with E-state index in [-0.39, 0.29) is 5.91 Å².